The molecule has 0 spiro atoms. The average Bonchev–Trinajstić information content (AvgIpc) is 2.41. The van der Waals surface area contributed by atoms with E-state index in [4.69, 9.17) is 5.11 Å². The third-order valence-electron chi connectivity index (χ3n) is 3.50. The maximum Gasteiger partial charge on any atom is 0.127 e. The Hall–Kier alpha value is -0.970. The van der Waals surface area contributed by atoms with Gasteiger partial charge < -0.3 is 15.3 Å². The van der Waals surface area contributed by atoms with Crippen molar-refractivity contribution >= 4 is 0 Å². The van der Waals surface area contributed by atoms with Gasteiger partial charge >= 0.3 is 0 Å². The number of benzene rings is 1. The molecule has 0 heterocycles. The summed E-state index contributed by atoms with van der Waals surface area (Å²) in [4.78, 5) is 2.08. The van der Waals surface area contributed by atoms with Gasteiger partial charge in [-0.3, -0.25) is 0 Å². The van der Waals surface area contributed by atoms with Gasteiger partial charge in [0.15, 0.2) is 0 Å². The Balaban J connectivity index is 2.80. The van der Waals surface area contributed by atoms with Crippen LogP contribution in [0.15, 0.2) is 24.3 Å². The van der Waals surface area contributed by atoms with E-state index in [9.17, 15) is 4.39 Å². The van der Waals surface area contributed by atoms with E-state index in [0.717, 1.165) is 25.1 Å². The molecular formula is C16H27FN2O. The number of likely N-dealkylation sites (N-methyl/N-ethyl adjacent to an activating group) is 1. The molecule has 0 aromatic heterocycles. The number of hydrogen-bond acceptors (Lipinski definition) is 3. The van der Waals surface area contributed by atoms with E-state index in [-0.39, 0.29) is 24.4 Å². The monoisotopic (exact) mass is 282 g/mol. The van der Waals surface area contributed by atoms with Crippen LogP contribution in [-0.2, 0) is 0 Å². The lowest BCUT2D eigenvalue weighted by atomic mass is 9.93. The molecule has 0 bridgehead atoms. The fourth-order valence-electron chi connectivity index (χ4n) is 2.50. The molecule has 20 heavy (non-hydrogen) atoms. The van der Waals surface area contributed by atoms with Gasteiger partial charge in [0, 0.05) is 24.7 Å². The summed E-state index contributed by atoms with van der Waals surface area (Å²) in [5.41, 5.74) is 0.728. The highest BCUT2D eigenvalue weighted by Gasteiger charge is 2.22. The first kappa shape index (κ1) is 17.1. The molecule has 2 atom stereocenters. The van der Waals surface area contributed by atoms with Gasteiger partial charge in [0.25, 0.3) is 0 Å². The second-order valence-corrected chi connectivity index (χ2v) is 5.42. The average molecular weight is 282 g/mol. The summed E-state index contributed by atoms with van der Waals surface area (Å²) in [7, 11) is 1.98. The lowest BCUT2D eigenvalue weighted by Crippen LogP contribution is -2.36. The second-order valence-electron chi connectivity index (χ2n) is 5.42. The summed E-state index contributed by atoms with van der Waals surface area (Å²) < 4.78 is 14.0. The Morgan fingerprint density at radius 1 is 1.35 bits per heavy atom. The fourth-order valence-corrected chi connectivity index (χ4v) is 2.50. The van der Waals surface area contributed by atoms with Crippen molar-refractivity contribution in [1.29, 1.82) is 0 Å². The molecule has 1 aromatic carbocycles. The van der Waals surface area contributed by atoms with Crippen LogP contribution in [0.25, 0.3) is 0 Å². The summed E-state index contributed by atoms with van der Waals surface area (Å²) >= 11 is 0. The quantitative estimate of drug-likeness (QED) is 0.730. The van der Waals surface area contributed by atoms with E-state index in [0.29, 0.717) is 6.54 Å². The van der Waals surface area contributed by atoms with E-state index < -0.39 is 0 Å². The Bertz CT molecular complexity index is 386. The van der Waals surface area contributed by atoms with E-state index in [1.54, 1.807) is 6.07 Å². The van der Waals surface area contributed by atoms with Gasteiger partial charge in [-0.25, -0.2) is 4.39 Å². The molecule has 0 radical (unpaired) electrons. The second kappa shape index (κ2) is 9.06. The summed E-state index contributed by atoms with van der Waals surface area (Å²) in [5, 5.41) is 12.4. The van der Waals surface area contributed by atoms with Crippen molar-refractivity contribution in [1.82, 2.24) is 10.2 Å². The molecular weight excluding hydrogens is 255 g/mol. The Morgan fingerprint density at radius 2 is 2.05 bits per heavy atom. The molecule has 4 heteroatoms. The molecule has 114 valence electrons. The molecule has 0 saturated heterocycles. The van der Waals surface area contributed by atoms with Gasteiger partial charge in [-0.2, -0.15) is 0 Å². The molecule has 1 rings (SSSR count). The van der Waals surface area contributed by atoms with Crippen LogP contribution in [0.5, 0.6) is 0 Å². The topological polar surface area (TPSA) is 35.5 Å². The maximum atomic E-state index is 14.0. The van der Waals surface area contributed by atoms with Crippen LogP contribution in [0.3, 0.4) is 0 Å². The Kier molecular flexibility index (Phi) is 7.73. The minimum atomic E-state index is -0.155. The van der Waals surface area contributed by atoms with Crippen molar-refractivity contribution in [3.05, 3.63) is 35.6 Å². The molecule has 0 aliphatic carbocycles. The molecule has 0 aliphatic rings. The number of nitrogens with one attached hydrogen (secondary N) is 1. The minimum Gasteiger partial charge on any atom is -0.395 e. The zero-order chi connectivity index (χ0) is 15.0. The third kappa shape index (κ3) is 5.19. The van der Waals surface area contributed by atoms with Crippen molar-refractivity contribution in [2.45, 2.75) is 26.3 Å². The van der Waals surface area contributed by atoms with E-state index in [1.807, 2.05) is 19.2 Å². The zero-order valence-corrected chi connectivity index (χ0v) is 12.8. The third-order valence-corrected chi connectivity index (χ3v) is 3.50. The highest BCUT2D eigenvalue weighted by atomic mass is 19.1. The van der Waals surface area contributed by atoms with Gasteiger partial charge in [-0.1, -0.05) is 32.0 Å². The van der Waals surface area contributed by atoms with Crippen LogP contribution in [0.4, 0.5) is 4.39 Å². The van der Waals surface area contributed by atoms with Crippen LogP contribution in [0, 0.1) is 11.7 Å². The fraction of sp³-hybridized carbons (Fsp3) is 0.625. The lowest BCUT2D eigenvalue weighted by Gasteiger charge is -2.29. The summed E-state index contributed by atoms with van der Waals surface area (Å²) in [6.07, 6.45) is 1.02. The van der Waals surface area contributed by atoms with Gasteiger partial charge in [0.2, 0.25) is 0 Å². The van der Waals surface area contributed by atoms with E-state index in [2.05, 4.69) is 24.1 Å². The normalized spacial score (nSPS) is 14.5. The minimum absolute atomic E-state index is 0.00251. The Labute approximate surface area is 121 Å². The Morgan fingerprint density at radius 3 is 2.65 bits per heavy atom. The van der Waals surface area contributed by atoms with Crippen molar-refractivity contribution in [3.8, 4) is 0 Å². The van der Waals surface area contributed by atoms with Crippen LogP contribution >= 0.6 is 0 Å². The first-order chi connectivity index (χ1) is 9.60. The largest absolute Gasteiger partial charge is 0.395 e. The van der Waals surface area contributed by atoms with Gasteiger partial charge in [0.05, 0.1) is 6.61 Å². The number of nitrogens with zero attached hydrogens (tertiary/aromatic N) is 1. The van der Waals surface area contributed by atoms with Crippen LogP contribution < -0.4 is 5.32 Å². The number of halogens is 1. The van der Waals surface area contributed by atoms with Crippen molar-refractivity contribution in [3.63, 3.8) is 0 Å². The molecule has 1 aromatic rings. The van der Waals surface area contributed by atoms with Gasteiger partial charge in [-0.15, -0.1) is 0 Å². The van der Waals surface area contributed by atoms with E-state index in [1.165, 1.54) is 6.07 Å². The van der Waals surface area contributed by atoms with E-state index >= 15 is 0 Å². The van der Waals surface area contributed by atoms with Crippen LogP contribution in [-0.4, -0.2) is 43.3 Å². The first-order valence-electron chi connectivity index (χ1n) is 7.37. The predicted octanol–water partition coefficient (Wildman–Crippen LogP) is 2.43. The summed E-state index contributed by atoms with van der Waals surface area (Å²) in [6.45, 7) is 6.70. The summed E-state index contributed by atoms with van der Waals surface area (Å²) in [6, 6.07) is 6.96. The van der Waals surface area contributed by atoms with Crippen molar-refractivity contribution in [2.75, 3.05) is 33.3 Å². The zero-order valence-electron chi connectivity index (χ0n) is 12.8. The van der Waals surface area contributed by atoms with Crippen LogP contribution in [0.1, 0.15) is 31.9 Å². The molecule has 0 saturated carbocycles. The van der Waals surface area contributed by atoms with Crippen LogP contribution in [0.2, 0.25) is 0 Å². The van der Waals surface area contributed by atoms with Crippen molar-refractivity contribution in [2.24, 2.45) is 5.92 Å². The lowest BCUT2D eigenvalue weighted by molar-refractivity contribution is 0.191. The highest BCUT2D eigenvalue weighted by Crippen LogP contribution is 2.25. The maximum absolute atomic E-state index is 14.0. The molecule has 0 aliphatic heterocycles. The number of aliphatic hydroxyl groups excluding tert-OH is 1. The molecule has 3 nitrogen and oxygen atoms in total. The molecule has 2 unspecified atom stereocenters. The molecule has 0 fully saturated rings. The predicted molar refractivity (Wildman–Crippen MR) is 81.2 cm³/mol. The van der Waals surface area contributed by atoms with Crippen molar-refractivity contribution < 1.29 is 9.50 Å². The number of aliphatic hydroxyl groups is 1. The summed E-state index contributed by atoms with van der Waals surface area (Å²) in [5.74, 6) is 0.104. The SMILES string of the molecule is CCCNC(c1ccccc1F)C(C)CN(C)CCO. The molecule has 0 amide bonds. The number of hydrogen-bond donors (Lipinski definition) is 2. The highest BCUT2D eigenvalue weighted by molar-refractivity contribution is 5.22. The first-order valence-corrected chi connectivity index (χ1v) is 7.37. The van der Waals surface area contributed by atoms with Gasteiger partial charge in [-0.05, 0) is 32.0 Å². The number of rotatable bonds is 9. The molecule has 2 N–H and O–H groups in total. The smallest absolute Gasteiger partial charge is 0.127 e. The standard InChI is InChI=1S/C16H27FN2O/c1-4-9-18-16(13(2)12-19(3)10-11-20)14-7-5-6-8-15(14)17/h5-8,13,16,18,20H,4,9-12H2,1-3H3. The van der Waals surface area contributed by atoms with Gasteiger partial charge in [0.1, 0.15) is 5.82 Å².